The van der Waals surface area contributed by atoms with Gasteiger partial charge in [-0.25, -0.2) is 9.67 Å². The van der Waals surface area contributed by atoms with Crippen LogP contribution in [0, 0.1) is 5.92 Å². The number of rotatable bonds is 5. The second kappa shape index (κ2) is 9.32. The summed E-state index contributed by atoms with van der Waals surface area (Å²) in [6, 6.07) is 16.4. The molecule has 6 heteroatoms. The number of hydrogen-bond donors (Lipinski definition) is 0. The number of nitrogens with zero attached hydrogens (tertiary/aromatic N) is 4. The first-order chi connectivity index (χ1) is 15.8. The van der Waals surface area contributed by atoms with Crippen LogP contribution in [-0.4, -0.2) is 23.0 Å². The summed E-state index contributed by atoms with van der Waals surface area (Å²) in [6.45, 7) is 0. The van der Waals surface area contributed by atoms with E-state index in [1.807, 2.05) is 22.9 Å². The number of thiazole rings is 1. The van der Waals surface area contributed by atoms with E-state index in [1.54, 1.807) is 30.8 Å². The molecule has 1 atom stereocenters. The minimum absolute atomic E-state index is 0.454. The molecule has 0 bridgehead atoms. The lowest BCUT2D eigenvalue weighted by Crippen LogP contribution is -2.13. The maximum absolute atomic E-state index is 5.36. The Hall–Kier alpha value is -3.51. The summed E-state index contributed by atoms with van der Waals surface area (Å²) in [5, 5.41) is 9.33. The molecule has 1 aliphatic carbocycles. The van der Waals surface area contributed by atoms with Gasteiger partial charge in [0, 0.05) is 23.4 Å². The summed E-state index contributed by atoms with van der Waals surface area (Å²) in [5.41, 5.74) is 2.95. The lowest BCUT2D eigenvalue weighted by molar-refractivity contribution is 0.415. The van der Waals surface area contributed by atoms with E-state index in [0.29, 0.717) is 5.92 Å². The maximum Gasteiger partial charge on any atom is 0.211 e. The summed E-state index contributed by atoms with van der Waals surface area (Å²) in [7, 11) is 1.69. The SMILES string of the molecule is COc1ccc2cc(-c3csc(=Nc4cccnc4)n3N=CC3CC=CCC3)ccc2c1. The molecule has 5 rings (SSSR count). The van der Waals surface area contributed by atoms with Gasteiger partial charge in [-0.2, -0.15) is 5.10 Å². The van der Waals surface area contributed by atoms with Crippen LogP contribution in [0.5, 0.6) is 5.75 Å². The Morgan fingerprint density at radius 3 is 2.84 bits per heavy atom. The average Bonchev–Trinajstić information content (AvgIpc) is 3.25. The Morgan fingerprint density at radius 1 is 1.12 bits per heavy atom. The van der Waals surface area contributed by atoms with Crippen molar-refractivity contribution in [2.45, 2.75) is 19.3 Å². The van der Waals surface area contributed by atoms with E-state index in [1.165, 1.54) is 0 Å². The topological polar surface area (TPSA) is 51.8 Å². The van der Waals surface area contributed by atoms with Gasteiger partial charge in [0.05, 0.1) is 24.7 Å². The van der Waals surface area contributed by atoms with Crippen LogP contribution in [0.2, 0.25) is 0 Å². The Kier molecular flexibility index (Phi) is 5.94. The molecular formula is C26H24N4OS. The molecule has 0 N–H and O–H groups in total. The van der Waals surface area contributed by atoms with Crippen LogP contribution in [0.1, 0.15) is 19.3 Å². The van der Waals surface area contributed by atoms with Gasteiger partial charge in [-0.1, -0.05) is 30.4 Å². The molecule has 0 radical (unpaired) electrons. The largest absolute Gasteiger partial charge is 0.497 e. The molecule has 0 aliphatic heterocycles. The number of benzene rings is 2. The predicted molar refractivity (Wildman–Crippen MR) is 132 cm³/mol. The molecule has 2 aromatic heterocycles. The Balaban J connectivity index is 1.60. The molecule has 0 fully saturated rings. The average molecular weight is 441 g/mol. The highest BCUT2D eigenvalue weighted by atomic mass is 32.1. The molecule has 4 aromatic rings. The van der Waals surface area contributed by atoms with Gasteiger partial charge in [0.15, 0.2) is 0 Å². The van der Waals surface area contributed by atoms with Gasteiger partial charge in [0.2, 0.25) is 4.80 Å². The van der Waals surface area contributed by atoms with Crippen molar-refractivity contribution in [3.05, 3.63) is 83.3 Å². The minimum Gasteiger partial charge on any atom is -0.497 e. The Labute approximate surface area is 191 Å². The normalized spacial score (nSPS) is 16.8. The monoisotopic (exact) mass is 440 g/mol. The molecule has 0 saturated carbocycles. The van der Waals surface area contributed by atoms with Crippen molar-refractivity contribution in [2.75, 3.05) is 7.11 Å². The van der Waals surface area contributed by atoms with E-state index in [-0.39, 0.29) is 0 Å². The van der Waals surface area contributed by atoms with Crippen LogP contribution in [0.25, 0.3) is 22.0 Å². The fourth-order valence-electron chi connectivity index (χ4n) is 3.84. The Morgan fingerprint density at radius 2 is 2.03 bits per heavy atom. The molecule has 32 heavy (non-hydrogen) atoms. The molecule has 2 aromatic carbocycles. The van der Waals surface area contributed by atoms with Gasteiger partial charge in [-0.3, -0.25) is 4.98 Å². The van der Waals surface area contributed by atoms with E-state index in [4.69, 9.17) is 14.8 Å². The number of pyridine rings is 1. The van der Waals surface area contributed by atoms with Crippen molar-refractivity contribution in [1.29, 1.82) is 0 Å². The highest BCUT2D eigenvalue weighted by Crippen LogP contribution is 2.28. The van der Waals surface area contributed by atoms with Crippen LogP contribution in [0.15, 0.2) is 88.6 Å². The molecule has 5 nitrogen and oxygen atoms in total. The van der Waals surface area contributed by atoms with E-state index >= 15 is 0 Å². The van der Waals surface area contributed by atoms with Crippen molar-refractivity contribution < 1.29 is 4.74 Å². The first-order valence-corrected chi connectivity index (χ1v) is 11.6. The van der Waals surface area contributed by atoms with Crippen LogP contribution in [0.3, 0.4) is 0 Å². The third-order valence-electron chi connectivity index (χ3n) is 5.60. The van der Waals surface area contributed by atoms with Crippen LogP contribution in [-0.2, 0) is 0 Å². The molecule has 1 aliphatic rings. The van der Waals surface area contributed by atoms with Crippen LogP contribution >= 0.6 is 11.3 Å². The van der Waals surface area contributed by atoms with Crippen molar-refractivity contribution in [2.24, 2.45) is 16.0 Å². The number of hydrogen-bond acceptors (Lipinski definition) is 5. The van der Waals surface area contributed by atoms with Crippen molar-refractivity contribution in [3.63, 3.8) is 0 Å². The summed E-state index contributed by atoms with van der Waals surface area (Å²) in [5.74, 6) is 1.31. The third-order valence-corrected chi connectivity index (χ3v) is 6.42. The first-order valence-electron chi connectivity index (χ1n) is 10.7. The minimum atomic E-state index is 0.454. The zero-order chi connectivity index (χ0) is 21.8. The van der Waals surface area contributed by atoms with Gasteiger partial charge in [0.25, 0.3) is 0 Å². The van der Waals surface area contributed by atoms with Crippen molar-refractivity contribution in [3.8, 4) is 17.0 Å². The molecule has 0 saturated heterocycles. The van der Waals surface area contributed by atoms with Crippen molar-refractivity contribution in [1.82, 2.24) is 9.66 Å². The number of allylic oxidation sites excluding steroid dienone is 2. The molecule has 1 unspecified atom stereocenters. The zero-order valence-electron chi connectivity index (χ0n) is 17.9. The summed E-state index contributed by atoms with van der Waals surface area (Å²) in [6.07, 6.45) is 13.4. The van der Waals surface area contributed by atoms with Crippen LogP contribution in [0.4, 0.5) is 5.69 Å². The summed E-state index contributed by atoms with van der Waals surface area (Å²) < 4.78 is 7.32. The fraction of sp³-hybridized carbons (Fsp3) is 0.192. The van der Waals surface area contributed by atoms with E-state index in [2.05, 4.69) is 59.1 Å². The quantitative estimate of drug-likeness (QED) is 0.274. The highest BCUT2D eigenvalue weighted by molar-refractivity contribution is 7.07. The molecule has 0 amide bonds. The van der Waals surface area contributed by atoms with Crippen molar-refractivity contribution >= 4 is 34.0 Å². The van der Waals surface area contributed by atoms with E-state index in [9.17, 15) is 0 Å². The summed E-state index contributed by atoms with van der Waals surface area (Å²) >= 11 is 1.58. The Bertz CT molecular complexity index is 1350. The lowest BCUT2D eigenvalue weighted by atomic mass is 9.96. The fourth-order valence-corrected chi connectivity index (χ4v) is 4.70. The second-order valence-corrected chi connectivity index (χ2v) is 8.61. The molecule has 2 heterocycles. The van der Waals surface area contributed by atoms with Crippen LogP contribution < -0.4 is 9.54 Å². The molecule has 160 valence electrons. The number of aromatic nitrogens is 2. The summed E-state index contributed by atoms with van der Waals surface area (Å²) in [4.78, 5) is 9.82. The third kappa shape index (κ3) is 4.41. The van der Waals surface area contributed by atoms with Gasteiger partial charge in [0.1, 0.15) is 5.75 Å². The molecular weight excluding hydrogens is 416 g/mol. The first kappa shape index (κ1) is 20.4. The molecule has 0 spiro atoms. The maximum atomic E-state index is 5.36. The zero-order valence-corrected chi connectivity index (χ0v) is 18.7. The predicted octanol–water partition coefficient (Wildman–Crippen LogP) is 6.20. The van der Waals surface area contributed by atoms with Gasteiger partial charge < -0.3 is 4.74 Å². The van der Waals surface area contributed by atoms with E-state index < -0.39 is 0 Å². The highest BCUT2D eigenvalue weighted by Gasteiger charge is 2.11. The number of fused-ring (bicyclic) bond motifs is 1. The smallest absolute Gasteiger partial charge is 0.211 e. The lowest BCUT2D eigenvalue weighted by Gasteiger charge is -2.12. The van der Waals surface area contributed by atoms with Gasteiger partial charge in [-0.15, -0.1) is 11.3 Å². The van der Waals surface area contributed by atoms with E-state index in [0.717, 1.165) is 57.5 Å². The van der Waals surface area contributed by atoms with Gasteiger partial charge in [-0.05, 0) is 66.3 Å². The number of methoxy groups -OCH3 is 1. The standard InChI is InChI=1S/C26H24N4OS/c1-31-24-12-11-20-14-22(10-9-21(20)15-24)25-18-32-26(29-23-8-5-13-27-17-23)30(25)28-16-19-6-3-2-4-7-19/h2-3,5,8-19H,4,6-7H2,1H3. The number of ether oxygens (including phenoxy) is 1. The van der Waals surface area contributed by atoms with Gasteiger partial charge >= 0.3 is 0 Å². The second-order valence-electron chi connectivity index (χ2n) is 7.78.